The molecule has 2 aromatic rings. The van der Waals surface area contributed by atoms with Gasteiger partial charge in [0.25, 0.3) is 0 Å². The van der Waals surface area contributed by atoms with Gasteiger partial charge in [0, 0.05) is 17.1 Å². The third-order valence-corrected chi connectivity index (χ3v) is 2.87. The lowest BCUT2D eigenvalue weighted by molar-refractivity contribution is -0.114. The Kier molecular flexibility index (Phi) is 3.43. The number of carbonyl (C=O) groups excluding carboxylic acids is 1. The van der Waals surface area contributed by atoms with Crippen molar-refractivity contribution in [3.8, 4) is 5.69 Å². The molecule has 94 valence electrons. The molecule has 0 radical (unpaired) electrons. The Balaban J connectivity index is 2.22. The number of hydrogen-bond donors (Lipinski definition) is 2. The smallest absolute Gasteiger partial charge is 0.238 e. The summed E-state index contributed by atoms with van der Waals surface area (Å²) in [5.74, 6) is -0.197. The number of nitrogens with one attached hydrogen (secondary N) is 1. The fraction of sp³-hybridized carbons (Fsp3) is 0.231. The lowest BCUT2D eigenvalue weighted by Crippen LogP contribution is -2.21. The van der Waals surface area contributed by atoms with E-state index in [-0.39, 0.29) is 12.5 Å². The summed E-state index contributed by atoms with van der Waals surface area (Å²) in [5, 5.41) is 2.70. The van der Waals surface area contributed by atoms with Crippen LogP contribution in [0.2, 0.25) is 0 Å². The third-order valence-electron chi connectivity index (χ3n) is 2.87. The molecular weight excluding hydrogens is 228 g/mol. The quantitative estimate of drug-likeness (QED) is 0.856. The minimum absolute atomic E-state index is 0.0123. The zero-order valence-electron chi connectivity index (χ0n) is 10.5. The number of anilines is 1. The van der Waals surface area contributed by atoms with Crippen molar-refractivity contribution in [1.29, 1.82) is 0 Å². The monoisotopic (exact) mass is 244 g/mol. The minimum atomic E-state index is -0.197. The van der Waals surface area contributed by atoms with Crippen LogP contribution in [0.3, 0.4) is 0 Å². The first-order valence-electron chi connectivity index (χ1n) is 5.72. The zero-order valence-corrected chi connectivity index (χ0v) is 10.5. The second-order valence-corrected chi connectivity index (χ2v) is 4.08. The normalized spacial score (nSPS) is 10.4. The summed E-state index contributed by atoms with van der Waals surface area (Å²) in [5.41, 5.74) is 9.11. The van der Waals surface area contributed by atoms with E-state index in [2.05, 4.69) is 10.3 Å². The fourth-order valence-corrected chi connectivity index (χ4v) is 1.68. The molecule has 0 atom stereocenters. The average Bonchev–Trinajstić information content (AvgIpc) is 2.71. The van der Waals surface area contributed by atoms with Gasteiger partial charge in [-0.2, -0.15) is 0 Å². The maximum Gasteiger partial charge on any atom is 0.238 e. The van der Waals surface area contributed by atoms with Crippen LogP contribution in [0.4, 0.5) is 5.69 Å². The molecular formula is C13H16N4O. The average molecular weight is 244 g/mol. The SMILES string of the molecule is Cc1ncn(-c2ccc(NC(=O)CN)cc2)c1C. The largest absolute Gasteiger partial charge is 0.325 e. The number of nitrogens with zero attached hydrogens (tertiary/aromatic N) is 2. The molecule has 0 fully saturated rings. The Bertz CT molecular complexity index is 557. The van der Waals surface area contributed by atoms with Crippen LogP contribution in [0.5, 0.6) is 0 Å². The van der Waals surface area contributed by atoms with Crippen LogP contribution in [-0.2, 0) is 4.79 Å². The number of hydrogen-bond acceptors (Lipinski definition) is 3. The fourth-order valence-electron chi connectivity index (χ4n) is 1.68. The molecule has 1 heterocycles. The summed E-state index contributed by atoms with van der Waals surface area (Å²) in [7, 11) is 0. The van der Waals surface area contributed by atoms with Gasteiger partial charge in [0.05, 0.1) is 18.6 Å². The number of nitrogens with two attached hydrogens (primary N) is 1. The molecule has 0 aliphatic rings. The number of aryl methyl sites for hydroxylation is 1. The van der Waals surface area contributed by atoms with E-state index in [1.54, 1.807) is 6.33 Å². The molecule has 3 N–H and O–H groups in total. The predicted octanol–water partition coefficient (Wildman–Crippen LogP) is 1.39. The summed E-state index contributed by atoms with van der Waals surface area (Å²) < 4.78 is 2.00. The third kappa shape index (κ3) is 2.41. The van der Waals surface area contributed by atoms with Crippen LogP contribution in [-0.4, -0.2) is 22.0 Å². The van der Waals surface area contributed by atoms with Crippen LogP contribution in [0, 0.1) is 13.8 Å². The van der Waals surface area contributed by atoms with Gasteiger partial charge in [-0.15, -0.1) is 0 Å². The van der Waals surface area contributed by atoms with E-state index in [1.165, 1.54) is 0 Å². The molecule has 0 aliphatic heterocycles. The number of rotatable bonds is 3. The van der Waals surface area contributed by atoms with Gasteiger partial charge in [0.2, 0.25) is 5.91 Å². The Morgan fingerprint density at radius 1 is 1.33 bits per heavy atom. The first-order valence-corrected chi connectivity index (χ1v) is 5.72. The van der Waals surface area contributed by atoms with Crippen molar-refractivity contribution >= 4 is 11.6 Å². The molecule has 5 nitrogen and oxygen atoms in total. The number of carbonyl (C=O) groups is 1. The Labute approximate surface area is 106 Å². The first kappa shape index (κ1) is 12.3. The number of imidazole rings is 1. The second-order valence-electron chi connectivity index (χ2n) is 4.08. The Morgan fingerprint density at radius 2 is 2.00 bits per heavy atom. The van der Waals surface area contributed by atoms with Crippen molar-refractivity contribution in [3.05, 3.63) is 42.0 Å². The number of amides is 1. The Morgan fingerprint density at radius 3 is 2.50 bits per heavy atom. The highest BCUT2D eigenvalue weighted by Crippen LogP contribution is 2.16. The highest BCUT2D eigenvalue weighted by Gasteiger charge is 2.04. The van der Waals surface area contributed by atoms with Gasteiger partial charge in [-0.25, -0.2) is 4.98 Å². The maximum atomic E-state index is 11.1. The van der Waals surface area contributed by atoms with Crippen molar-refractivity contribution in [2.45, 2.75) is 13.8 Å². The van der Waals surface area contributed by atoms with Gasteiger partial charge in [0.1, 0.15) is 0 Å². The van der Waals surface area contributed by atoms with Crippen molar-refractivity contribution in [2.75, 3.05) is 11.9 Å². The highest BCUT2D eigenvalue weighted by atomic mass is 16.1. The van der Waals surface area contributed by atoms with Crippen molar-refractivity contribution < 1.29 is 4.79 Å². The van der Waals surface area contributed by atoms with E-state index in [0.29, 0.717) is 0 Å². The Hall–Kier alpha value is -2.14. The summed E-state index contributed by atoms with van der Waals surface area (Å²) in [6.45, 7) is 3.98. The molecule has 0 unspecified atom stereocenters. The molecule has 0 aliphatic carbocycles. The molecule has 0 saturated heterocycles. The van der Waals surface area contributed by atoms with Crippen LogP contribution < -0.4 is 11.1 Å². The second kappa shape index (κ2) is 5.01. The van der Waals surface area contributed by atoms with Gasteiger partial charge < -0.3 is 15.6 Å². The summed E-state index contributed by atoms with van der Waals surface area (Å²) in [6.07, 6.45) is 1.79. The highest BCUT2D eigenvalue weighted by molar-refractivity contribution is 5.92. The molecule has 0 saturated carbocycles. The van der Waals surface area contributed by atoms with Gasteiger partial charge >= 0.3 is 0 Å². The van der Waals surface area contributed by atoms with E-state index in [1.807, 2.05) is 42.7 Å². The van der Waals surface area contributed by atoms with Crippen molar-refractivity contribution in [1.82, 2.24) is 9.55 Å². The van der Waals surface area contributed by atoms with E-state index in [4.69, 9.17) is 5.73 Å². The van der Waals surface area contributed by atoms with Crippen LogP contribution in [0.15, 0.2) is 30.6 Å². The van der Waals surface area contributed by atoms with Crippen LogP contribution >= 0.6 is 0 Å². The lowest BCUT2D eigenvalue weighted by atomic mass is 10.2. The molecule has 2 rings (SSSR count). The summed E-state index contributed by atoms with van der Waals surface area (Å²) >= 11 is 0. The van der Waals surface area contributed by atoms with Crippen LogP contribution in [0.25, 0.3) is 5.69 Å². The molecule has 18 heavy (non-hydrogen) atoms. The molecule has 0 bridgehead atoms. The van der Waals surface area contributed by atoms with Crippen molar-refractivity contribution in [3.63, 3.8) is 0 Å². The molecule has 1 aromatic heterocycles. The van der Waals surface area contributed by atoms with Gasteiger partial charge in [-0.05, 0) is 38.1 Å². The minimum Gasteiger partial charge on any atom is -0.325 e. The van der Waals surface area contributed by atoms with Crippen molar-refractivity contribution in [2.24, 2.45) is 5.73 Å². The standard InChI is InChI=1S/C13H16N4O/c1-9-10(2)17(8-15-9)12-5-3-11(4-6-12)16-13(18)7-14/h3-6,8H,7,14H2,1-2H3,(H,16,18). The van der Waals surface area contributed by atoms with Gasteiger partial charge in [-0.1, -0.05) is 0 Å². The predicted molar refractivity (Wildman–Crippen MR) is 70.7 cm³/mol. The maximum absolute atomic E-state index is 11.1. The lowest BCUT2D eigenvalue weighted by Gasteiger charge is -2.07. The molecule has 0 spiro atoms. The topological polar surface area (TPSA) is 72.9 Å². The first-order chi connectivity index (χ1) is 8.61. The summed E-state index contributed by atoms with van der Waals surface area (Å²) in [6, 6.07) is 7.55. The van der Waals surface area contributed by atoms with E-state index in [0.717, 1.165) is 22.8 Å². The van der Waals surface area contributed by atoms with E-state index < -0.39 is 0 Å². The van der Waals surface area contributed by atoms with Gasteiger partial charge in [0.15, 0.2) is 0 Å². The van der Waals surface area contributed by atoms with Crippen LogP contribution in [0.1, 0.15) is 11.4 Å². The molecule has 1 aromatic carbocycles. The zero-order chi connectivity index (χ0) is 13.1. The molecule has 5 heteroatoms. The summed E-state index contributed by atoms with van der Waals surface area (Å²) in [4.78, 5) is 15.4. The van der Waals surface area contributed by atoms with E-state index in [9.17, 15) is 4.79 Å². The van der Waals surface area contributed by atoms with E-state index >= 15 is 0 Å². The van der Waals surface area contributed by atoms with Gasteiger partial charge in [-0.3, -0.25) is 4.79 Å². The number of aromatic nitrogens is 2. The number of benzene rings is 1. The molecule has 1 amide bonds.